The summed E-state index contributed by atoms with van der Waals surface area (Å²) in [5.41, 5.74) is 0.659. The van der Waals surface area contributed by atoms with E-state index in [2.05, 4.69) is 15.9 Å². The first-order chi connectivity index (χ1) is 13.6. The highest BCUT2D eigenvalue weighted by Gasteiger charge is 2.29. The third-order valence-electron chi connectivity index (χ3n) is 4.73. The van der Waals surface area contributed by atoms with Crippen LogP contribution < -0.4 is 9.47 Å². The fourth-order valence-electron chi connectivity index (χ4n) is 3.15. The maximum absolute atomic E-state index is 12.6. The first-order valence-corrected chi connectivity index (χ1v) is 10.4. The number of hydrogen-bond donors (Lipinski definition) is 0. The van der Waals surface area contributed by atoms with Gasteiger partial charge in [-0.1, -0.05) is 35.0 Å². The number of para-hydroxylation sites is 2. The van der Waals surface area contributed by atoms with Crippen molar-refractivity contribution in [1.29, 1.82) is 0 Å². The predicted molar refractivity (Wildman–Crippen MR) is 111 cm³/mol. The molecule has 3 rings (SSSR count). The van der Waals surface area contributed by atoms with Crippen molar-refractivity contribution in [2.24, 2.45) is 5.92 Å². The molecule has 1 amide bonds. The molecule has 1 heterocycles. The maximum atomic E-state index is 12.6. The minimum absolute atomic E-state index is 0.00220. The normalized spacial score (nSPS) is 14.6. The maximum Gasteiger partial charge on any atom is 0.314 e. The van der Waals surface area contributed by atoms with Crippen LogP contribution in [0.5, 0.6) is 11.5 Å². The first kappa shape index (κ1) is 20.4. The topological polar surface area (TPSA) is 55.8 Å². The molecule has 0 aromatic heterocycles. The zero-order valence-corrected chi connectivity index (χ0v) is 17.5. The second kappa shape index (κ2) is 9.73. The third-order valence-corrected chi connectivity index (χ3v) is 5.26. The summed E-state index contributed by atoms with van der Waals surface area (Å²) in [6, 6.07) is 14.5. The van der Waals surface area contributed by atoms with Gasteiger partial charge in [0.2, 0.25) is 0 Å². The molecule has 0 spiro atoms. The lowest BCUT2D eigenvalue weighted by Crippen LogP contribution is -2.41. The third kappa shape index (κ3) is 5.13. The Labute approximate surface area is 173 Å². The summed E-state index contributed by atoms with van der Waals surface area (Å²) in [5, 5.41) is 0. The lowest BCUT2D eigenvalue weighted by molar-refractivity contribution is -0.140. The van der Waals surface area contributed by atoms with Gasteiger partial charge < -0.3 is 14.4 Å². The van der Waals surface area contributed by atoms with E-state index in [1.165, 1.54) is 0 Å². The van der Waals surface area contributed by atoms with Gasteiger partial charge in [-0.25, -0.2) is 0 Å². The Morgan fingerprint density at radius 1 is 1.04 bits per heavy atom. The molecule has 148 valence electrons. The van der Waals surface area contributed by atoms with Gasteiger partial charge in [-0.2, -0.15) is 0 Å². The van der Waals surface area contributed by atoms with Crippen LogP contribution >= 0.6 is 15.9 Å². The molecule has 1 aliphatic heterocycles. The van der Waals surface area contributed by atoms with Crippen LogP contribution in [0.4, 0.5) is 0 Å². The van der Waals surface area contributed by atoms with E-state index in [4.69, 9.17) is 9.47 Å². The summed E-state index contributed by atoms with van der Waals surface area (Å²) in [6.45, 7) is 3.69. The summed E-state index contributed by atoms with van der Waals surface area (Å²) in [5.74, 6) is 0.559. The van der Waals surface area contributed by atoms with Crippen LogP contribution in [0.3, 0.4) is 0 Å². The van der Waals surface area contributed by atoms with E-state index in [1.807, 2.05) is 31.2 Å². The number of carbonyl (C=O) groups is 2. The highest BCUT2D eigenvalue weighted by atomic mass is 79.9. The number of hydrogen-bond acceptors (Lipinski definition) is 4. The van der Waals surface area contributed by atoms with Gasteiger partial charge in [0.15, 0.2) is 11.5 Å². The van der Waals surface area contributed by atoms with Gasteiger partial charge in [0.25, 0.3) is 5.91 Å². The molecule has 0 bridgehead atoms. The van der Waals surface area contributed by atoms with Crippen molar-refractivity contribution < 1.29 is 19.1 Å². The monoisotopic (exact) mass is 445 g/mol. The molecule has 0 saturated carbocycles. The number of rotatable bonds is 6. The summed E-state index contributed by atoms with van der Waals surface area (Å²) in [6.07, 6.45) is 2.07. The number of esters is 1. The van der Waals surface area contributed by atoms with Crippen LogP contribution in [-0.4, -0.2) is 36.5 Å². The molecule has 0 atom stereocenters. The van der Waals surface area contributed by atoms with E-state index >= 15 is 0 Å². The molecule has 28 heavy (non-hydrogen) atoms. The SMILES string of the molecule is CCCOc1ccccc1OC(=O)C1CCN(C(=O)c2ccc(Br)cc2)CC1. The highest BCUT2D eigenvalue weighted by molar-refractivity contribution is 9.10. The number of carbonyl (C=O) groups excluding carboxylic acids is 2. The van der Waals surface area contributed by atoms with E-state index in [0.717, 1.165) is 10.9 Å². The summed E-state index contributed by atoms with van der Waals surface area (Å²) in [7, 11) is 0. The molecule has 2 aromatic carbocycles. The smallest absolute Gasteiger partial charge is 0.314 e. The standard InChI is InChI=1S/C22H24BrNO4/c1-2-15-27-19-5-3-4-6-20(19)28-22(26)17-11-13-24(14-12-17)21(25)16-7-9-18(23)10-8-16/h3-10,17H,2,11-15H2,1H3. The number of benzene rings is 2. The summed E-state index contributed by atoms with van der Waals surface area (Å²) < 4.78 is 12.2. The van der Waals surface area contributed by atoms with Gasteiger partial charge in [-0.3, -0.25) is 9.59 Å². The van der Waals surface area contributed by atoms with Crippen molar-refractivity contribution in [3.05, 3.63) is 58.6 Å². The molecule has 5 nitrogen and oxygen atoms in total. The minimum Gasteiger partial charge on any atom is -0.490 e. The predicted octanol–water partition coefficient (Wildman–Crippen LogP) is 4.70. The molecule has 1 fully saturated rings. The average molecular weight is 446 g/mol. The second-order valence-corrected chi connectivity index (χ2v) is 7.71. The average Bonchev–Trinajstić information content (AvgIpc) is 2.73. The zero-order chi connectivity index (χ0) is 19.9. The van der Waals surface area contributed by atoms with Crippen molar-refractivity contribution in [1.82, 2.24) is 4.90 Å². The molecular weight excluding hydrogens is 422 g/mol. The van der Waals surface area contributed by atoms with Crippen LogP contribution in [0.2, 0.25) is 0 Å². The van der Waals surface area contributed by atoms with Gasteiger partial charge >= 0.3 is 5.97 Å². The molecule has 2 aromatic rings. The molecule has 0 radical (unpaired) electrons. The molecule has 0 aliphatic carbocycles. The van der Waals surface area contributed by atoms with E-state index in [-0.39, 0.29) is 17.8 Å². The largest absolute Gasteiger partial charge is 0.490 e. The Morgan fingerprint density at radius 3 is 2.32 bits per heavy atom. The van der Waals surface area contributed by atoms with E-state index in [0.29, 0.717) is 49.6 Å². The van der Waals surface area contributed by atoms with Crippen LogP contribution in [0.15, 0.2) is 53.0 Å². The van der Waals surface area contributed by atoms with E-state index in [9.17, 15) is 9.59 Å². The van der Waals surface area contributed by atoms with Crippen LogP contribution in [-0.2, 0) is 4.79 Å². The molecule has 1 aliphatic rings. The number of ether oxygens (including phenoxy) is 2. The van der Waals surface area contributed by atoms with Crippen LogP contribution in [0, 0.1) is 5.92 Å². The van der Waals surface area contributed by atoms with Crippen molar-refractivity contribution >= 4 is 27.8 Å². The molecule has 0 unspecified atom stereocenters. The van der Waals surface area contributed by atoms with Crippen LogP contribution in [0.25, 0.3) is 0 Å². The molecule has 0 N–H and O–H groups in total. The number of halogens is 1. The molecule has 1 saturated heterocycles. The zero-order valence-electron chi connectivity index (χ0n) is 15.9. The van der Waals surface area contributed by atoms with Crippen molar-refractivity contribution in [3.63, 3.8) is 0 Å². The summed E-state index contributed by atoms with van der Waals surface area (Å²) in [4.78, 5) is 27.0. The Morgan fingerprint density at radius 2 is 1.68 bits per heavy atom. The number of nitrogens with zero attached hydrogens (tertiary/aromatic N) is 1. The Balaban J connectivity index is 1.55. The Bertz CT molecular complexity index is 814. The lowest BCUT2D eigenvalue weighted by atomic mass is 9.96. The molecule has 6 heteroatoms. The van der Waals surface area contributed by atoms with Gasteiger partial charge in [0.1, 0.15) is 0 Å². The van der Waals surface area contributed by atoms with Crippen LogP contribution in [0.1, 0.15) is 36.5 Å². The Hall–Kier alpha value is -2.34. The van der Waals surface area contributed by atoms with Crippen molar-refractivity contribution in [2.75, 3.05) is 19.7 Å². The minimum atomic E-state index is -0.261. The van der Waals surface area contributed by atoms with Gasteiger partial charge in [-0.05, 0) is 55.7 Å². The van der Waals surface area contributed by atoms with Gasteiger partial charge in [0, 0.05) is 23.1 Å². The van der Waals surface area contributed by atoms with Crippen molar-refractivity contribution in [2.45, 2.75) is 26.2 Å². The molecular formula is C22H24BrNO4. The van der Waals surface area contributed by atoms with E-state index < -0.39 is 0 Å². The second-order valence-electron chi connectivity index (χ2n) is 6.79. The van der Waals surface area contributed by atoms with Gasteiger partial charge in [-0.15, -0.1) is 0 Å². The quantitative estimate of drug-likeness (QED) is 0.477. The fraction of sp³-hybridized carbons (Fsp3) is 0.364. The first-order valence-electron chi connectivity index (χ1n) is 9.57. The fourth-order valence-corrected chi connectivity index (χ4v) is 3.42. The van der Waals surface area contributed by atoms with Gasteiger partial charge in [0.05, 0.1) is 12.5 Å². The highest BCUT2D eigenvalue weighted by Crippen LogP contribution is 2.29. The number of piperidine rings is 1. The lowest BCUT2D eigenvalue weighted by Gasteiger charge is -2.31. The number of likely N-dealkylation sites (tertiary alicyclic amines) is 1. The van der Waals surface area contributed by atoms with Crippen molar-refractivity contribution in [3.8, 4) is 11.5 Å². The van der Waals surface area contributed by atoms with E-state index in [1.54, 1.807) is 29.2 Å². The Kier molecular flexibility index (Phi) is 7.09. The summed E-state index contributed by atoms with van der Waals surface area (Å²) >= 11 is 3.38. The number of amides is 1.